The first-order valence-electron chi connectivity index (χ1n) is 4.30. The van der Waals surface area contributed by atoms with E-state index in [1.165, 1.54) is 18.4 Å². The van der Waals surface area contributed by atoms with E-state index in [0.29, 0.717) is 5.69 Å². The van der Waals surface area contributed by atoms with Crippen LogP contribution in [0.2, 0.25) is 0 Å². The third-order valence-corrected chi connectivity index (χ3v) is 3.00. The number of hydrogen-bond acceptors (Lipinski definition) is 4. The molecule has 0 aliphatic carbocycles. The molecule has 0 radical (unpaired) electrons. The molecule has 0 bridgehead atoms. The van der Waals surface area contributed by atoms with Gasteiger partial charge < -0.3 is 9.30 Å². The lowest BCUT2D eigenvalue weighted by atomic mass is 10.4. The molecule has 0 saturated carbocycles. The molecule has 0 saturated heterocycles. The summed E-state index contributed by atoms with van der Waals surface area (Å²) in [6.45, 7) is 0.157. The standard InChI is InChI=1S/C10H8N2O2S/c1-14-10(13)8-6-9-7(2-5-15-9)12(8)4-3-11/h2,5-6H,4H2,1H3. The van der Waals surface area contributed by atoms with E-state index in [1.54, 1.807) is 10.6 Å². The number of carbonyl (C=O) groups excluding carboxylic acids is 1. The largest absolute Gasteiger partial charge is 0.464 e. The van der Waals surface area contributed by atoms with Crippen LogP contribution in [0.25, 0.3) is 10.2 Å². The molecular formula is C10H8N2O2S. The predicted molar refractivity (Wildman–Crippen MR) is 56.8 cm³/mol. The number of nitriles is 1. The Kier molecular flexibility index (Phi) is 2.44. The molecule has 2 rings (SSSR count). The molecule has 0 aliphatic rings. The Labute approximate surface area is 90.3 Å². The summed E-state index contributed by atoms with van der Waals surface area (Å²) >= 11 is 1.54. The quantitative estimate of drug-likeness (QED) is 0.727. The maximum Gasteiger partial charge on any atom is 0.354 e. The van der Waals surface area contributed by atoms with Crippen molar-refractivity contribution in [1.82, 2.24) is 4.57 Å². The maximum atomic E-state index is 11.4. The van der Waals surface area contributed by atoms with Gasteiger partial charge in [-0.05, 0) is 17.5 Å². The van der Waals surface area contributed by atoms with Crippen LogP contribution >= 0.6 is 11.3 Å². The Morgan fingerprint density at radius 1 is 1.73 bits per heavy atom. The molecular weight excluding hydrogens is 212 g/mol. The van der Waals surface area contributed by atoms with E-state index in [2.05, 4.69) is 4.74 Å². The summed E-state index contributed by atoms with van der Waals surface area (Å²) in [5.41, 5.74) is 1.34. The van der Waals surface area contributed by atoms with Crippen LogP contribution in [-0.4, -0.2) is 17.6 Å². The Balaban J connectivity index is 2.62. The summed E-state index contributed by atoms with van der Waals surface area (Å²) < 4.78 is 7.31. The number of methoxy groups -OCH3 is 1. The maximum absolute atomic E-state index is 11.4. The van der Waals surface area contributed by atoms with Gasteiger partial charge in [-0.3, -0.25) is 0 Å². The molecule has 2 aromatic heterocycles. The molecule has 0 amide bonds. The number of ether oxygens (including phenoxy) is 1. The minimum atomic E-state index is -0.409. The number of carbonyl (C=O) groups is 1. The molecule has 0 fully saturated rings. The average molecular weight is 220 g/mol. The summed E-state index contributed by atoms with van der Waals surface area (Å²) in [7, 11) is 1.33. The molecule has 15 heavy (non-hydrogen) atoms. The van der Waals surface area contributed by atoms with Crippen molar-refractivity contribution in [1.29, 1.82) is 5.26 Å². The minimum Gasteiger partial charge on any atom is -0.464 e. The van der Waals surface area contributed by atoms with Crippen molar-refractivity contribution in [2.45, 2.75) is 6.54 Å². The first kappa shape index (κ1) is 9.74. The third kappa shape index (κ3) is 1.49. The van der Waals surface area contributed by atoms with Crippen LogP contribution in [0.5, 0.6) is 0 Å². The average Bonchev–Trinajstić information content (AvgIpc) is 2.80. The van der Waals surface area contributed by atoms with E-state index in [0.717, 1.165) is 10.2 Å². The van der Waals surface area contributed by atoms with Crippen LogP contribution in [0, 0.1) is 11.3 Å². The first-order chi connectivity index (χ1) is 7.27. The zero-order valence-corrected chi connectivity index (χ0v) is 8.87. The molecule has 0 spiro atoms. The van der Waals surface area contributed by atoms with Gasteiger partial charge in [-0.2, -0.15) is 5.26 Å². The van der Waals surface area contributed by atoms with E-state index < -0.39 is 5.97 Å². The molecule has 2 aromatic rings. The first-order valence-corrected chi connectivity index (χ1v) is 5.18. The van der Waals surface area contributed by atoms with Gasteiger partial charge in [0.15, 0.2) is 0 Å². The number of nitrogens with zero attached hydrogens (tertiary/aromatic N) is 2. The van der Waals surface area contributed by atoms with E-state index in [9.17, 15) is 4.79 Å². The highest BCUT2D eigenvalue weighted by atomic mass is 32.1. The van der Waals surface area contributed by atoms with Crippen molar-refractivity contribution in [2.24, 2.45) is 0 Å². The minimum absolute atomic E-state index is 0.157. The SMILES string of the molecule is COC(=O)c1cc2sccc2n1CC#N. The number of rotatable bonds is 2. The third-order valence-electron chi connectivity index (χ3n) is 2.15. The second-order valence-corrected chi connectivity index (χ2v) is 3.88. The molecule has 4 nitrogen and oxygen atoms in total. The lowest BCUT2D eigenvalue weighted by Gasteiger charge is -2.03. The van der Waals surface area contributed by atoms with Gasteiger partial charge in [-0.25, -0.2) is 4.79 Å². The summed E-state index contributed by atoms with van der Waals surface area (Å²) in [6, 6.07) is 5.68. The Morgan fingerprint density at radius 2 is 2.53 bits per heavy atom. The van der Waals surface area contributed by atoms with Gasteiger partial charge in [0.25, 0.3) is 0 Å². The van der Waals surface area contributed by atoms with Gasteiger partial charge in [0.1, 0.15) is 12.2 Å². The monoisotopic (exact) mass is 220 g/mol. The highest BCUT2D eigenvalue weighted by molar-refractivity contribution is 7.17. The Bertz CT molecular complexity index is 547. The Hall–Kier alpha value is -1.80. The topological polar surface area (TPSA) is 55.0 Å². The summed E-state index contributed by atoms with van der Waals surface area (Å²) in [6.07, 6.45) is 0. The van der Waals surface area contributed by atoms with Crippen LogP contribution in [0.3, 0.4) is 0 Å². The number of esters is 1. The van der Waals surface area contributed by atoms with E-state index in [-0.39, 0.29) is 6.54 Å². The number of aromatic nitrogens is 1. The molecule has 76 valence electrons. The highest BCUT2D eigenvalue weighted by Gasteiger charge is 2.16. The van der Waals surface area contributed by atoms with Crippen LogP contribution in [0.15, 0.2) is 17.5 Å². The van der Waals surface area contributed by atoms with Gasteiger partial charge in [-0.1, -0.05) is 0 Å². The van der Waals surface area contributed by atoms with Crippen molar-refractivity contribution in [3.63, 3.8) is 0 Å². The van der Waals surface area contributed by atoms with E-state index in [1.807, 2.05) is 17.5 Å². The van der Waals surface area contributed by atoms with Crippen LogP contribution in [-0.2, 0) is 11.3 Å². The zero-order valence-electron chi connectivity index (χ0n) is 8.06. The fourth-order valence-corrected chi connectivity index (χ4v) is 2.31. The van der Waals surface area contributed by atoms with Crippen molar-refractivity contribution < 1.29 is 9.53 Å². The normalized spacial score (nSPS) is 10.1. The van der Waals surface area contributed by atoms with Crippen molar-refractivity contribution >= 4 is 27.5 Å². The molecule has 5 heteroatoms. The predicted octanol–water partition coefficient (Wildman–Crippen LogP) is 2.01. The second kappa shape index (κ2) is 3.75. The fraction of sp³-hybridized carbons (Fsp3) is 0.200. The molecule has 0 N–H and O–H groups in total. The van der Waals surface area contributed by atoms with E-state index in [4.69, 9.17) is 5.26 Å². The molecule has 0 aliphatic heterocycles. The van der Waals surface area contributed by atoms with Crippen molar-refractivity contribution in [2.75, 3.05) is 7.11 Å². The number of fused-ring (bicyclic) bond motifs is 1. The molecule has 0 aromatic carbocycles. The van der Waals surface area contributed by atoms with Gasteiger partial charge in [0, 0.05) is 0 Å². The van der Waals surface area contributed by atoms with Crippen molar-refractivity contribution in [3.05, 3.63) is 23.2 Å². The van der Waals surface area contributed by atoms with Gasteiger partial charge in [-0.15, -0.1) is 11.3 Å². The summed E-state index contributed by atoms with van der Waals surface area (Å²) in [4.78, 5) is 11.4. The van der Waals surface area contributed by atoms with E-state index >= 15 is 0 Å². The van der Waals surface area contributed by atoms with Crippen LogP contribution in [0.4, 0.5) is 0 Å². The molecule has 0 unspecified atom stereocenters. The van der Waals surface area contributed by atoms with Gasteiger partial charge >= 0.3 is 5.97 Å². The Morgan fingerprint density at radius 3 is 3.20 bits per heavy atom. The summed E-state index contributed by atoms with van der Waals surface area (Å²) in [5, 5.41) is 10.6. The smallest absolute Gasteiger partial charge is 0.354 e. The zero-order chi connectivity index (χ0) is 10.8. The van der Waals surface area contributed by atoms with Crippen LogP contribution < -0.4 is 0 Å². The van der Waals surface area contributed by atoms with Gasteiger partial charge in [0.2, 0.25) is 0 Å². The van der Waals surface area contributed by atoms with Crippen molar-refractivity contribution in [3.8, 4) is 6.07 Å². The number of thiophene rings is 1. The second-order valence-electron chi connectivity index (χ2n) is 2.94. The lowest BCUT2D eigenvalue weighted by Crippen LogP contribution is -2.09. The highest BCUT2D eigenvalue weighted by Crippen LogP contribution is 2.25. The van der Waals surface area contributed by atoms with Crippen LogP contribution in [0.1, 0.15) is 10.5 Å². The fourth-order valence-electron chi connectivity index (χ4n) is 1.49. The lowest BCUT2D eigenvalue weighted by molar-refractivity contribution is 0.0590. The van der Waals surface area contributed by atoms with Gasteiger partial charge in [0.05, 0.1) is 23.4 Å². The molecule has 2 heterocycles. The molecule has 0 atom stereocenters. The summed E-state index contributed by atoms with van der Waals surface area (Å²) in [5.74, 6) is -0.409. The number of hydrogen-bond donors (Lipinski definition) is 0.